The van der Waals surface area contributed by atoms with Gasteiger partial charge in [-0.15, -0.1) is 0 Å². The molecule has 0 unspecified atom stereocenters. The van der Waals surface area contributed by atoms with Gasteiger partial charge in [-0.1, -0.05) is 29.3 Å². The molecule has 2 heterocycles. The van der Waals surface area contributed by atoms with Crippen LogP contribution in [-0.4, -0.2) is 16.7 Å². The van der Waals surface area contributed by atoms with Gasteiger partial charge in [-0.25, -0.2) is 4.98 Å². The van der Waals surface area contributed by atoms with E-state index in [1.165, 1.54) is 4.90 Å². The summed E-state index contributed by atoms with van der Waals surface area (Å²) < 4.78 is 0. The van der Waals surface area contributed by atoms with Gasteiger partial charge in [0.15, 0.2) is 0 Å². The number of rotatable bonds is 2. The Balaban J connectivity index is 1.98. The van der Waals surface area contributed by atoms with Crippen LogP contribution in [0.4, 0.5) is 5.69 Å². The van der Waals surface area contributed by atoms with Crippen LogP contribution in [0.5, 0.6) is 0 Å². The Bertz CT molecular complexity index is 714. The Morgan fingerprint density at radius 3 is 2.60 bits per heavy atom. The second-order valence-corrected chi connectivity index (χ2v) is 5.19. The summed E-state index contributed by atoms with van der Waals surface area (Å²) in [5.74, 6) is -1.07. The highest BCUT2D eigenvalue weighted by Crippen LogP contribution is 2.32. The molecule has 0 N–H and O–H groups in total. The lowest BCUT2D eigenvalue weighted by molar-refractivity contribution is -0.114. The number of benzene rings is 1. The first-order chi connectivity index (χ1) is 9.56. The molecule has 0 bridgehead atoms. The maximum atomic E-state index is 12.0. The van der Waals surface area contributed by atoms with Gasteiger partial charge in [0.2, 0.25) is 0 Å². The third kappa shape index (κ3) is 2.17. The van der Waals surface area contributed by atoms with Crippen LogP contribution in [0, 0.1) is 0 Å². The predicted octanol–water partition coefficient (Wildman–Crippen LogP) is 3.12. The van der Waals surface area contributed by atoms with Crippen LogP contribution >= 0.6 is 23.2 Å². The van der Waals surface area contributed by atoms with E-state index in [0.29, 0.717) is 21.4 Å². The number of nitrogens with zero attached hydrogens (tertiary/aromatic N) is 2. The molecule has 1 amide bonds. The molecular weight excluding hydrogens is 299 g/mol. The van der Waals surface area contributed by atoms with Crippen molar-refractivity contribution in [2.45, 2.75) is 6.54 Å². The molecule has 0 spiro atoms. The lowest BCUT2D eigenvalue weighted by Crippen LogP contribution is -2.29. The Morgan fingerprint density at radius 2 is 1.90 bits per heavy atom. The molecule has 0 fully saturated rings. The molecule has 4 nitrogen and oxygen atoms in total. The number of amides is 1. The molecule has 2 aromatic rings. The topological polar surface area (TPSA) is 50.3 Å². The molecule has 3 rings (SSSR count). The minimum Gasteiger partial charge on any atom is -0.300 e. The number of ketones is 1. The van der Waals surface area contributed by atoms with Crippen LogP contribution in [0.25, 0.3) is 0 Å². The molecule has 0 saturated carbocycles. The summed E-state index contributed by atoms with van der Waals surface area (Å²) in [6, 6.07) is 8.17. The van der Waals surface area contributed by atoms with Gasteiger partial charge in [0.25, 0.3) is 11.7 Å². The van der Waals surface area contributed by atoms with Crippen LogP contribution in [0.1, 0.15) is 15.9 Å². The molecule has 0 atom stereocenters. The van der Waals surface area contributed by atoms with Crippen molar-refractivity contribution in [2.75, 3.05) is 4.90 Å². The van der Waals surface area contributed by atoms with E-state index in [-0.39, 0.29) is 6.54 Å². The van der Waals surface area contributed by atoms with Gasteiger partial charge < -0.3 is 4.90 Å². The summed E-state index contributed by atoms with van der Waals surface area (Å²) in [6.07, 6.45) is 1.57. The zero-order chi connectivity index (χ0) is 14.3. The Hall–Kier alpha value is -1.91. The standard InChI is InChI=1S/C14H8Cl2N2O2/c15-9-2-3-10-11(5-9)18(14(20)13(10)19)7-8-1-4-12(16)17-6-8/h1-6H,7H2. The maximum Gasteiger partial charge on any atom is 0.299 e. The third-order valence-corrected chi connectivity index (χ3v) is 3.52. The number of Topliss-reactive ketones (excluding diaryl/α,β-unsaturated/α-hetero) is 1. The molecule has 1 aromatic heterocycles. The number of anilines is 1. The molecule has 1 aromatic carbocycles. The second-order valence-electron chi connectivity index (χ2n) is 4.37. The Labute approximate surface area is 124 Å². The zero-order valence-corrected chi connectivity index (χ0v) is 11.6. The van der Waals surface area contributed by atoms with Crippen LogP contribution < -0.4 is 4.90 Å². The average Bonchev–Trinajstić information content (AvgIpc) is 2.66. The van der Waals surface area contributed by atoms with Crippen LogP contribution in [0.15, 0.2) is 36.5 Å². The Kier molecular flexibility index (Phi) is 3.20. The van der Waals surface area contributed by atoms with Gasteiger partial charge in [0, 0.05) is 11.2 Å². The highest BCUT2D eigenvalue weighted by atomic mass is 35.5. The summed E-state index contributed by atoms with van der Waals surface area (Å²) in [6.45, 7) is 0.252. The third-order valence-electron chi connectivity index (χ3n) is 3.06. The summed E-state index contributed by atoms with van der Waals surface area (Å²) in [5, 5.41) is 0.853. The van der Waals surface area contributed by atoms with E-state index in [1.807, 2.05) is 0 Å². The van der Waals surface area contributed by atoms with E-state index in [1.54, 1.807) is 36.5 Å². The second kappa shape index (κ2) is 4.89. The van der Waals surface area contributed by atoms with Gasteiger partial charge in [-0.05, 0) is 29.8 Å². The normalized spacial score (nSPS) is 13.8. The zero-order valence-electron chi connectivity index (χ0n) is 10.1. The summed E-state index contributed by atoms with van der Waals surface area (Å²) >= 11 is 11.6. The van der Waals surface area contributed by atoms with Gasteiger partial charge in [-0.2, -0.15) is 0 Å². The fourth-order valence-corrected chi connectivity index (χ4v) is 2.38. The summed E-state index contributed by atoms with van der Waals surface area (Å²) in [7, 11) is 0. The van der Waals surface area contributed by atoms with E-state index in [9.17, 15) is 9.59 Å². The molecule has 1 aliphatic heterocycles. The van der Waals surface area contributed by atoms with Crippen molar-refractivity contribution >= 4 is 40.6 Å². The number of pyridine rings is 1. The van der Waals surface area contributed by atoms with Crippen molar-refractivity contribution < 1.29 is 9.59 Å². The van der Waals surface area contributed by atoms with E-state index in [4.69, 9.17) is 23.2 Å². The minimum absolute atomic E-state index is 0.252. The quantitative estimate of drug-likeness (QED) is 0.633. The molecule has 1 aliphatic rings. The number of hydrogen-bond donors (Lipinski definition) is 0. The number of hydrogen-bond acceptors (Lipinski definition) is 3. The smallest absolute Gasteiger partial charge is 0.299 e. The fraction of sp³-hybridized carbons (Fsp3) is 0.0714. The van der Waals surface area contributed by atoms with E-state index in [0.717, 1.165) is 5.56 Å². The number of carbonyl (C=O) groups is 2. The van der Waals surface area contributed by atoms with Crippen LogP contribution in [0.2, 0.25) is 10.2 Å². The fourth-order valence-electron chi connectivity index (χ4n) is 2.11. The van der Waals surface area contributed by atoms with E-state index < -0.39 is 11.7 Å². The van der Waals surface area contributed by atoms with Gasteiger partial charge in [0.05, 0.1) is 17.8 Å². The highest BCUT2D eigenvalue weighted by Gasteiger charge is 2.35. The van der Waals surface area contributed by atoms with Crippen molar-refractivity contribution in [3.05, 3.63) is 57.8 Å². The van der Waals surface area contributed by atoms with Gasteiger partial charge >= 0.3 is 0 Å². The molecule has 0 aliphatic carbocycles. The molecule has 0 radical (unpaired) electrons. The molecular formula is C14H8Cl2N2O2. The van der Waals surface area contributed by atoms with Crippen molar-refractivity contribution in [1.29, 1.82) is 0 Å². The predicted molar refractivity (Wildman–Crippen MR) is 76.2 cm³/mol. The van der Waals surface area contributed by atoms with Crippen LogP contribution in [-0.2, 0) is 11.3 Å². The van der Waals surface area contributed by atoms with Gasteiger partial charge in [0.1, 0.15) is 5.15 Å². The first-order valence-electron chi connectivity index (χ1n) is 5.82. The first-order valence-corrected chi connectivity index (χ1v) is 6.58. The molecule has 20 heavy (non-hydrogen) atoms. The highest BCUT2D eigenvalue weighted by molar-refractivity contribution is 6.52. The lowest BCUT2D eigenvalue weighted by atomic mass is 10.1. The maximum absolute atomic E-state index is 12.0. The van der Waals surface area contributed by atoms with Crippen LogP contribution in [0.3, 0.4) is 0 Å². The molecule has 6 heteroatoms. The van der Waals surface area contributed by atoms with E-state index in [2.05, 4.69) is 4.98 Å². The van der Waals surface area contributed by atoms with Crippen molar-refractivity contribution in [2.24, 2.45) is 0 Å². The summed E-state index contributed by atoms with van der Waals surface area (Å²) in [4.78, 5) is 29.3. The number of aromatic nitrogens is 1. The first kappa shape index (κ1) is 13.1. The number of carbonyl (C=O) groups excluding carboxylic acids is 2. The van der Waals surface area contributed by atoms with E-state index >= 15 is 0 Å². The van der Waals surface area contributed by atoms with Crippen molar-refractivity contribution in [1.82, 2.24) is 4.98 Å². The van der Waals surface area contributed by atoms with Crippen molar-refractivity contribution in [3.63, 3.8) is 0 Å². The lowest BCUT2D eigenvalue weighted by Gasteiger charge is -2.16. The number of halogens is 2. The minimum atomic E-state index is -0.558. The average molecular weight is 307 g/mol. The largest absolute Gasteiger partial charge is 0.300 e. The monoisotopic (exact) mass is 306 g/mol. The molecule has 0 saturated heterocycles. The summed E-state index contributed by atoms with van der Waals surface area (Å²) in [5.41, 5.74) is 1.69. The molecule has 100 valence electrons. The number of fused-ring (bicyclic) bond motifs is 1. The van der Waals surface area contributed by atoms with Crippen molar-refractivity contribution in [3.8, 4) is 0 Å². The Morgan fingerprint density at radius 1 is 1.10 bits per heavy atom. The SMILES string of the molecule is O=C1C(=O)N(Cc2ccc(Cl)nc2)c2cc(Cl)ccc21. The van der Waals surface area contributed by atoms with Gasteiger partial charge in [-0.3, -0.25) is 9.59 Å².